The molecular weight excluding hydrogens is 773 g/mol. The van der Waals surface area contributed by atoms with Crippen molar-refractivity contribution in [2.75, 3.05) is 19.8 Å². The van der Waals surface area contributed by atoms with Crippen molar-refractivity contribution >= 4 is 11.9 Å². The van der Waals surface area contributed by atoms with Gasteiger partial charge in [0.05, 0.1) is 13.2 Å². The highest BCUT2D eigenvalue weighted by Gasteiger charge is 2.44. The number of carbonyl (C=O) groups is 2. The summed E-state index contributed by atoms with van der Waals surface area (Å²) in [5, 5.41) is 40.2. The molecule has 1 saturated heterocycles. The lowest BCUT2D eigenvalue weighted by molar-refractivity contribution is -0.305. The predicted octanol–water partition coefficient (Wildman–Crippen LogP) is 11.7. The van der Waals surface area contributed by atoms with Crippen LogP contribution in [0, 0.1) is 0 Å². The smallest absolute Gasteiger partial charge is 0.306 e. The van der Waals surface area contributed by atoms with Gasteiger partial charge in [0, 0.05) is 12.8 Å². The minimum Gasteiger partial charge on any atom is -0.462 e. The number of rotatable bonds is 43. The van der Waals surface area contributed by atoms with E-state index in [1.807, 2.05) is 0 Å². The normalized spacial score (nSPS) is 19.9. The Morgan fingerprint density at radius 2 is 0.869 bits per heavy atom. The maximum absolute atomic E-state index is 12.8. The number of unbranched alkanes of at least 4 members (excludes halogenated alkanes) is 28. The first-order chi connectivity index (χ1) is 29.8. The first-order valence-electron chi connectivity index (χ1n) is 25.4. The van der Waals surface area contributed by atoms with E-state index in [4.69, 9.17) is 18.9 Å². The van der Waals surface area contributed by atoms with E-state index in [0.29, 0.717) is 6.42 Å². The lowest BCUT2D eigenvalue weighted by atomic mass is 9.99. The number of allylic oxidation sites excluding steroid dienone is 4. The highest BCUT2D eigenvalue weighted by molar-refractivity contribution is 5.70. The molecule has 10 heteroatoms. The summed E-state index contributed by atoms with van der Waals surface area (Å²) >= 11 is 0. The topological polar surface area (TPSA) is 152 Å². The van der Waals surface area contributed by atoms with Crippen LogP contribution in [0.25, 0.3) is 0 Å². The van der Waals surface area contributed by atoms with Gasteiger partial charge in [-0.05, 0) is 64.2 Å². The molecule has 0 saturated carbocycles. The van der Waals surface area contributed by atoms with E-state index >= 15 is 0 Å². The van der Waals surface area contributed by atoms with E-state index in [2.05, 4.69) is 38.2 Å². The van der Waals surface area contributed by atoms with Crippen molar-refractivity contribution in [2.24, 2.45) is 0 Å². The molecule has 2 unspecified atom stereocenters. The van der Waals surface area contributed by atoms with Gasteiger partial charge in [-0.25, -0.2) is 0 Å². The first kappa shape index (κ1) is 57.2. The van der Waals surface area contributed by atoms with Crippen LogP contribution < -0.4 is 0 Å². The molecule has 0 spiro atoms. The maximum atomic E-state index is 12.8. The lowest BCUT2D eigenvalue weighted by Gasteiger charge is -2.39. The van der Waals surface area contributed by atoms with Crippen LogP contribution >= 0.6 is 0 Å². The zero-order valence-electron chi connectivity index (χ0n) is 39.2. The third kappa shape index (κ3) is 33.4. The molecule has 0 aliphatic carbocycles. The lowest BCUT2D eigenvalue weighted by Crippen LogP contribution is -2.59. The summed E-state index contributed by atoms with van der Waals surface area (Å²) in [5.41, 5.74) is 0. The summed E-state index contributed by atoms with van der Waals surface area (Å²) in [6.45, 7) is 3.44. The van der Waals surface area contributed by atoms with Crippen molar-refractivity contribution in [3.05, 3.63) is 24.3 Å². The summed E-state index contributed by atoms with van der Waals surface area (Å²) < 4.78 is 22.2. The molecule has 1 aliphatic rings. The van der Waals surface area contributed by atoms with Gasteiger partial charge in [-0.1, -0.05) is 179 Å². The second kappa shape index (κ2) is 42.1. The average Bonchev–Trinajstić information content (AvgIpc) is 3.26. The number of aliphatic hydroxyl groups is 4. The fraction of sp³-hybridized carbons (Fsp3) is 0.882. The third-order valence-electron chi connectivity index (χ3n) is 11.8. The van der Waals surface area contributed by atoms with Gasteiger partial charge in [-0.15, -0.1) is 0 Å². The fourth-order valence-corrected chi connectivity index (χ4v) is 7.77. The molecule has 6 atom stereocenters. The number of esters is 2. The van der Waals surface area contributed by atoms with Crippen LogP contribution in [0.5, 0.6) is 0 Å². The largest absolute Gasteiger partial charge is 0.462 e. The van der Waals surface area contributed by atoms with Gasteiger partial charge in [0.25, 0.3) is 0 Å². The van der Waals surface area contributed by atoms with Gasteiger partial charge in [0.15, 0.2) is 12.4 Å². The Labute approximate surface area is 373 Å². The molecule has 4 N–H and O–H groups in total. The molecule has 10 nitrogen and oxygen atoms in total. The van der Waals surface area contributed by atoms with Gasteiger partial charge in [0.1, 0.15) is 31.0 Å². The summed E-state index contributed by atoms with van der Waals surface area (Å²) in [7, 11) is 0. The predicted molar refractivity (Wildman–Crippen MR) is 247 cm³/mol. The third-order valence-corrected chi connectivity index (χ3v) is 11.8. The molecule has 1 rings (SSSR count). The number of carbonyl (C=O) groups excluding carboxylic acids is 2. The average molecular weight is 867 g/mol. The van der Waals surface area contributed by atoms with Crippen LogP contribution in [0.2, 0.25) is 0 Å². The molecule has 358 valence electrons. The Morgan fingerprint density at radius 3 is 1.28 bits per heavy atom. The fourth-order valence-electron chi connectivity index (χ4n) is 7.77. The molecular formula is C51H94O10. The summed E-state index contributed by atoms with van der Waals surface area (Å²) in [5.74, 6) is -0.805. The highest BCUT2D eigenvalue weighted by Crippen LogP contribution is 2.23. The molecule has 0 aromatic heterocycles. The molecule has 1 fully saturated rings. The summed E-state index contributed by atoms with van der Waals surface area (Å²) in [6, 6.07) is 0. The van der Waals surface area contributed by atoms with Crippen molar-refractivity contribution in [3.63, 3.8) is 0 Å². The van der Waals surface area contributed by atoms with Crippen molar-refractivity contribution in [3.8, 4) is 0 Å². The van der Waals surface area contributed by atoms with E-state index in [-0.39, 0.29) is 32.0 Å². The second-order valence-corrected chi connectivity index (χ2v) is 17.6. The van der Waals surface area contributed by atoms with E-state index in [1.165, 1.54) is 148 Å². The minimum absolute atomic E-state index is 0.217. The van der Waals surface area contributed by atoms with Crippen LogP contribution in [0.3, 0.4) is 0 Å². The zero-order chi connectivity index (χ0) is 44.4. The molecule has 0 aromatic rings. The Kier molecular flexibility index (Phi) is 39.5. The van der Waals surface area contributed by atoms with E-state index < -0.39 is 49.4 Å². The Hall–Kier alpha value is -1.82. The van der Waals surface area contributed by atoms with Gasteiger partial charge < -0.3 is 39.4 Å². The van der Waals surface area contributed by atoms with Crippen LogP contribution in [-0.4, -0.2) is 89.0 Å². The van der Waals surface area contributed by atoms with E-state index in [0.717, 1.165) is 51.4 Å². The maximum Gasteiger partial charge on any atom is 0.306 e. The highest BCUT2D eigenvalue weighted by atomic mass is 16.7. The van der Waals surface area contributed by atoms with Crippen molar-refractivity contribution in [1.82, 2.24) is 0 Å². The quantitative estimate of drug-likeness (QED) is 0.0265. The number of hydrogen-bond donors (Lipinski definition) is 4. The summed E-state index contributed by atoms with van der Waals surface area (Å²) in [4.78, 5) is 25.4. The molecule has 0 radical (unpaired) electrons. The minimum atomic E-state index is -1.59. The van der Waals surface area contributed by atoms with Crippen LogP contribution in [-0.2, 0) is 28.5 Å². The molecule has 1 heterocycles. The Morgan fingerprint density at radius 1 is 0.492 bits per heavy atom. The second-order valence-electron chi connectivity index (χ2n) is 17.6. The van der Waals surface area contributed by atoms with Crippen LogP contribution in [0.4, 0.5) is 0 Å². The molecule has 0 aromatic carbocycles. The van der Waals surface area contributed by atoms with Gasteiger partial charge in [0.2, 0.25) is 0 Å². The number of hydrogen-bond acceptors (Lipinski definition) is 10. The Bertz CT molecular complexity index is 1050. The van der Waals surface area contributed by atoms with E-state index in [9.17, 15) is 30.0 Å². The Balaban J connectivity index is 2.27. The van der Waals surface area contributed by atoms with Crippen molar-refractivity contribution in [2.45, 2.75) is 269 Å². The van der Waals surface area contributed by atoms with Crippen molar-refractivity contribution < 1.29 is 49.0 Å². The van der Waals surface area contributed by atoms with Crippen LogP contribution in [0.1, 0.15) is 232 Å². The van der Waals surface area contributed by atoms with Crippen LogP contribution in [0.15, 0.2) is 24.3 Å². The molecule has 0 bridgehead atoms. The van der Waals surface area contributed by atoms with Gasteiger partial charge in [-0.3, -0.25) is 9.59 Å². The van der Waals surface area contributed by atoms with E-state index in [1.54, 1.807) is 0 Å². The van der Waals surface area contributed by atoms with Gasteiger partial charge >= 0.3 is 11.9 Å². The molecule has 0 amide bonds. The molecule has 1 aliphatic heterocycles. The SMILES string of the molecule is CCCCCCCC/C=C/CCCCCCCCCCCC(=O)O[C@H](COC(=O)CCCCCCCCC/C=C/CCCCCCCC)CO[C@@H]1O[C@H](CO)[C@H](O)C(O)C1O. The summed E-state index contributed by atoms with van der Waals surface area (Å²) in [6.07, 6.45) is 40.4. The molecule has 61 heavy (non-hydrogen) atoms. The monoisotopic (exact) mass is 867 g/mol. The standard InChI is InChI=1S/C51H94O10/c1-3-5-7-9-11-13-15-17-19-21-22-24-26-28-30-32-34-36-38-40-47(54)60-44(43-59-51-50(57)49(56)48(55)45(41-52)61-51)42-58-46(53)39-37-35-33-31-29-27-25-23-20-18-16-14-12-10-8-6-4-2/h17-20,44-45,48-52,55-57H,3-16,21-43H2,1-2H3/b19-17+,20-18+/t44-,45-,48+,49?,50?,51-/m1/s1. The number of ether oxygens (including phenoxy) is 4. The number of aliphatic hydroxyl groups excluding tert-OH is 4. The van der Waals surface area contributed by atoms with Gasteiger partial charge in [-0.2, -0.15) is 0 Å². The van der Waals surface area contributed by atoms with Crippen molar-refractivity contribution in [1.29, 1.82) is 0 Å². The zero-order valence-corrected chi connectivity index (χ0v) is 39.2. The first-order valence-corrected chi connectivity index (χ1v) is 25.4.